The first-order valence-electron chi connectivity index (χ1n) is 4.36. The van der Waals surface area contributed by atoms with Gasteiger partial charge in [-0.05, 0) is 12.1 Å². The number of ether oxygens (including phenoxy) is 1. The molecule has 0 amide bonds. The molecule has 1 aromatic carbocycles. The van der Waals surface area contributed by atoms with Crippen LogP contribution in [0.3, 0.4) is 0 Å². The lowest BCUT2D eigenvalue weighted by atomic mass is 10.2. The molecule has 1 heterocycles. The number of hydrogen-bond acceptors (Lipinski definition) is 3. The second-order valence-electron chi connectivity index (χ2n) is 3.15. The lowest BCUT2D eigenvalue weighted by molar-refractivity contribution is 0.142. The van der Waals surface area contributed by atoms with E-state index in [4.69, 9.17) is 10.00 Å². The second-order valence-corrected chi connectivity index (χ2v) is 3.15. The first-order chi connectivity index (χ1) is 6.79. The molecule has 2 rings (SSSR count). The third kappa shape index (κ3) is 1.68. The third-order valence-corrected chi connectivity index (χ3v) is 2.11. The summed E-state index contributed by atoms with van der Waals surface area (Å²) in [5.41, 5.74) is 0.0229. The fourth-order valence-electron chi connectivity index (χ4n) is 1.20. The summed E-state index contributed by atoms with van der Waals surface area (Å²) in [4.78, 5) is 0. The van der Waals surface area contributed by atoms with E-state index in [-0.39, 0.29) is 11.7 Å². The molecule has 0 saturated carbocycles. The zero-order valence-electron chi connectivity index (χ0n) is 7.46. The molecule has 0 atom stereocenters. The third-order valence-electron chi connectivity index (χ3n) is 2.11. The first kappa shape index (κ1) is 8.97. The maximum absolute atomic E-state index is 12.9. The molecular formula is C10H9FN2O. The summed E-state index contributed by atoms with van der Waals surface area (Å²) < 4.78 is 18.4. The number of rotatable bonds is 2. The minimum Gasteiger partial charge on any atom is -0.488 e. The van der Waals surface area contributed by atoms with Crippen molar-refractivity contribution in [2.45, 2.75) is 6.10 Å². The molecule has 0 aliphatic carbocycles. The van der Waals surface area contributed by atoms with E-state index in [0.717, 1.165) is 13.1 Å². The molecule has 0 radical (unpaired) electrons. The molecule has 1 N–H and O–H groups in total. The highest BCUT2D eigenvalue weighted by Gasteiger charge is 2.18. The molecule has 1 aromatic rings. The topological polar surface area (TPSA) is 45.0 Å². The van der Waals surface area contributed by atoms with Gasteiger partial charge in [-0.15, -0.1) is 0 Å². The smallest absolute Gasteiger partial charge is 0.141 e. The highest BCUT2D eigenvalue weighted by molar-refractivity contribution is 5.37. The van der Waals surface area contributed by atoms with Crippen molar-refractivity contribution in [1.82, 2.24) is 5.32 Å². The van der Waals surface area contributed by atoms with Crippen LogP contribution in [0.25, 0.3) is 0 Å². The summed E-state index contributed by atoms with van der Waals surface area (Å²) in [5, 5.41) is 11.6. The van der Waals surface area contributed by atoms with Crippen molar-refractivity contribution in [1.29, 1.82) is 5.26 Å². The van der Waals surface area contributed by atoms with E-state index >= 15 is 0 Å². The van der Waals surface area contributed by atoms with Gasteiger partial charge in [-0.2, -0.15) is 5.26 Å². The van der Waals surface area contributed by atoms with Crippen molar-refractivity contribution in [3.8, 4) is 11.8 Å². The second kappa shape index (κ2) is 3.64. The predicted octanol–water partition coefficient (Wildman–Crippen LogP) is 1.05. The Morgan fingerprint density at radius 2 is 2.29 bits per heavy atom. The summed E-state index contributed by atoms with van der Waals surface area (Å²) in [6.07, 6.45) is 0.145. The Kier molecular flexibility index (Phi) is 2.33. The zero-order chi connectivity index (χ0) is 9.97. The standard InChI is InChI=1S/C10H9FN2O/c11-10-2-1-8(3-7(10)4-12)14-9-5-13-6-9/h1-3,9,13H,5-6H2. The maximum atomic E-state index is 12.9. The van der Waals surface area contributed by atoms with E-state index in [1.54, 1.807) is 6.07 Å². The van der Waals surface area contributed by atoms with Gasteiger partial charge in [0, 0.05) is 19.2 Å². The first-order valence-corrected chi connectivity index (χ1v) is 4.36. The van der Waals surface area contributed by atoms with Gasteiger partial charge >= 0.3 is 0 Å². The molecule has 0 bridgehead atoms. The van der Waals surface area contributed by atoms with Crippen molar-refractivity contribution in [2.75, 3.05) is 13.1 Å². The van der Waals surface area contributed by atoms with E-state index in [1.165, 1.54) is 18.2 Å². The van der Waals surface area contributed by atoms with Gasteiger partial charge in [-0.3, -0.25) is 0 Å². The van der Waals surface area contributed by atoms with Crippen molar-refractivity contribution in [2.24, 2.45) is 0 Å². The summed E-state index contributed by atoms with van der Waals surface area (Å²) in [7, 11) is 0. The molecular weight excluding hydrogens is 183 g/mol. The van der Waals surface area contributed by atoms with Crippen LogP contribution in [-0.4, -0.2) is 19.2 Å². The maximum Gasteiger partial charge on any atom is 0.141 e. The minimum absolute atomic E-state index is 0.0229. The highest BCUT2D eigenvalue weighted by Crippen LogP contribution is 2.18. The van der Waals surface area contributed by atoms with Crippen LogP contribution in [0.2, 0.25) is 0 Å². The molecule has 4 heteroatoms. The van der Waals surface area contributed by atoms with Crippen LogP contribution in [0.5, 0.6) is 5.75 Å². The predicted molar refractivity (Wildman–Crippen MR) is 48.4 cm³/mol. The zero-order valence-corrected chi connectivity index (χ0v) is 7.46. The van der Waals surface area contributed by atoms with E-state index in [9.17, 15) is 4.39 Å². The Balaban J connectivity index is 2.14. The lowest BCUT2D eigenvalue weighted by Crippen LogP contribution is -2.50. The van der Waals surface area contributed by atoms with E-state index < -0.39 is 5.82 Å². The quantitative estimate of drug-likeness (QED) is 0.761. The number of nitrogens with one attached hydrogen (secondary N) is 1. The summed E-state index contributed by atoms with van der Waals surface area (Å²) >= 11 is 0. The fourth-order valence-corrected chi connectivity index (χ4v) is 1.20. The van der Waals surface area contributed by atoms with Gasteiger partial charge in [-0.25, -0.2) is 4.39 Å². The summed E-state index contributed by atoms with van der Waals surface area (Å²) in [5.74, 6) is 0.0426. The Morgan fingerprint density at radius 3 is 2.86 bits per heavy atom. The number of benzene rings is 1. The molecule has 0 unspecified atom stereocenters. The highest BCUT2D eigenvalue weighted by atomic mass is 19.1. The van der Waals surface area contributed by atoms with Gasteiger partial charge in [0.1, 0.15) is 23.7 Å². The monoisotopic (exact) mass is 192 g/mol. The van der Waals surface area contributed by atoms with Crippen LogP contribution in [0.1, 0.15) is 5.56 Å². The van der Waals surface area contributed by atoms with Crippen molar-refractivity contribution < 1.29 is 9.13 Å². The molecule has 1 fully saturated rings. The number of nitriles is 1. The molecule has 1 aliphatic heterocycles. The van der Waals surface area contributed by atoms with Crippen molar-refractivity contribution in [3.63, 3.8) is 0 Å². The lowest BCUT2D eigenvalue weighted by Gasteiger charge is -2.27. The minimum atomic E-state index is -0.508. The fraction of sp³-hybridized carbons (Fsp3) is 0.300. The van der Waals surface area contributed by atoms with E-state index in [0.29, 0.717) is 5.75 Å². The van der Waals surface area contributed by atoms with Crippen LogP contribution in [0.15, 0.2) is 18.2 Å². The van der Waals surface area contributed by atoms with E-state index in [2.05, 4.69) is 5.32 Å². The van der Waals surface area contributed by atoms with Crippen LogP contribution < -0.4 is 10.1 Å². The Morgan fingerprint density at radius 1 is 1.50 bits per heavy atom. The van der Waals surface area contributed by atoms with E-state index in [1.807, 2.05) is 0 Å². The number of nitrogens with zero attached hydrogens (tertiary/aromatic N) is 1. The summed E-state index contributed by atoms with van der Waals surface area (Å²) in [6, 6.07) is 5.98. The average molecular weight is 192 g/mol. The molecule has 1 aliphatic rings. The van der Waals surface area contributed by atoms with Gasteiger partial charge in [0.15, 0.2) is 0 Å². The molecule has 0 aromatic heterocycles. The molecule has 3 nitrogen and oxygen atoms in total. The average Bonchev–Trinajstić information content (AvgIpc) is 2.14. The Hall–Kier alpha value is -1.60. The van der Waals surface area contributed by atoms with Gasteiger partial charge < -0.3 is 10.1 Å². The molecule has 72 valence electrons. The van der Waals surface area contributed by atoms with Gasteiger partial charge in [0.05, 0.1) is 5.56 Å². The van der Waals surface area contributed by atoms with Crippen LogP contribution in [0.4, 0.5) is 4.39 Å². The number of halogens is 1. The van der Waals surface area contributed by atoms with Crippen LogP contribution >= 0.6 is 0 Å². The van der Waals surface area contributed by atoms with Crippen molar-refractivity contribution >= 4 is 0 Å². The van der Waals surface area contributed by atoms with Gasteiger partial charge in [-0.1, -0.05) is 0 Å². The van der Waals surface area contributed by atoms with Gasteiger partial charge in [0.2, 0.25) is 0 Å². The summed E-state index contributed by atoms with van der Waals surface area (Å²) in [6.45, 7) is 1.61. The Bertz CT molecular complexity index is 382. The largest absolute Gasteiger partial charge is 0.488 e. The molecule has 0 spiro atoms. The Labute approximate surface area is 81.1 Å². The van der Waals surface area contributed by atoms with Crippen LogP contribution in [0, 0.1) is 17.1 Å². The van der Waals surface area contributed by atoms with Crippen LogP contribution in [-0.2, 0) is 0 Å². The SMILES string of the molecule is N#Cc1cc(OC2CNC2)ccc1F. The number of hydrogen-bond donors (Lipinski definition) is 1. The molecule has 14 heavy (non-hydrogen) atoms. The van der Waals surface area contributed by atoms with Crippen molar-refractivity contribution in [3.05, 3.63) is 29.6 Å². The normalized spacial score (nSPS) is 15.7. The van der Waals surface area contributed by atoms with Gasteiger partial charge in [0.25, 0.3) is 0 Å². The molecule has 1 saturated heterocycles.